The molecular weight excluding hydrogens is 613 g/mol. The van der Waals surface area contributed by atoms with Gasteiger partial charge in [-0.05, 0) is 124 Å². The van der Waals surface area contributed by atoms with Crippen LogP contribution in [0.25, 0.3) is 5.69 Å². The van der Waals surface area contributed by atoms with Crippen LogP contribution in [0.2, 0.25) is 0 Å². The molecule has 3 heterocycles. The van der Waals surface area contributed by atoms with Gasteiger partial charge in [-0.3, -0.25) is 15.1 Å². The number of aryl methyl sites for hydroxylation is 1. The molecule has 46 heavy (non-hydrogen) atoms. The highest BCUT2D eigenvalue weighted by atomic mass is 32.2. The molecule has 2 atom stereocenters. The first-order valence-electron chi connectivity index (χ1n) is 15.4. The number of benzene rings is 3. The standard InChI is InChI=1S/C36H36N6O2S2/c1-5-39(6-2)26-10-12-27(13-11-26)40-24(3)23-32(25(40)4)35-34(33-9-7-8-22-37-33)38-36(45)41(35)28-14-18-30(19-15-28)46-31-20-16-29(17-21-31)42(43)44/h7-23,34-35H,5-6H2,1-4H3,(H,38,45)/t34-,35-/m0/s1. The molecule has 1 fully saturated rings. The third-order valence-electron chi connectivity index (χ3n) is 8.52. The minimum Gasteiger partial charge on any atom is -0.372 e. The van der Waals surface area contributed by atoms with Crippen LogP contribution in [0.5, 0.6) is 0 Å². The van der Waals surface area contributed by atoms with E-state index in [9.17, 15) is 10.1 Å². The van der Waals surface area contributed by atoms with E-state index in [-0.39, 0.29) is 22.7 Å². The fraction of sp³-hybridized carbons (Fsp3) is 0.222. The van der Waals surface area contributed by atoms with E-state index >= 15 is 0 Å². The second-order valence-electron chi connectivity index (χ2n) is 11.2. The number of nitrogens with zero attached hydrogens (tertiary/aromatic N) is 5. The quantitative estimate of drug-likeness (QED) is 0.0917. The number of aromatic nitrogens is 2. The highest BCUT2D eigenvalue weighted by molar-refractivity contribution is 7.99. The van der Waals surface area contributed by atoms with Gasteiger partial charge in [-0.15, -0.1) is 0 Å². The maximum Gasteiger partial charge on any atom is 0.269 e. The number of hydrogen-bond acceptors (Lipinski definition) is 6. The Labute approximate surface area is 279 Å². The van der Waals surface area contributed by atoms with Crippen LogP contribution in [-0.2, 0) is 0 Å². The average molecular weight is 649 g/mol. The Balaban J connectivity index is 1.35. The molecule has 0 bridgehead atoms. The van der Waals surface area contributed by atoms with Crippen molar-refractivity contribution < 1.29 is 4.92 Å². The summed E-state index contributed by atoms with van der Waals surface area (Å²) in [6, 6.07) is 31.7. The van der Waals surface area contributed by atoms with Gasteiger partial charge in [0.15, 0.2) is 5.11 Å². The Hall–Kier alpha value is -4.67. The molecule has 3 aromatic carbocycles. The van der Waals surface area contributed by atoms with Gasteiger partial charge in [-0.25, -0.2) is 0 Å². The van der Waals surface area contributed by atoms with Gasteiger partial charge >= 0.3 is 0 Å². The fourth-order valence-corrected chi connectivity index (χ4v) is 7.44. The average Bonchev–Trinajstić information content (AvgIpc) is 3.57. The SMILES string of the molecule is CCN(CC)c1ccc(-n2c(C)cc([C@H]3[C@H](c4ccccn4)NC(=S)N3c3ccc(Sc4ccc([N+](=O)[O-])cc4)cc3)c2C)cc1. The molecule has 0 radical (unpaired) electrons. The number of non-ortho nitro benzene ring substituents is 1. The smallest absolute Gasteiger partial charge is 0.269 e. The molecule has 0 saturated carbocycles. The van der Waals surface area contributed by atoms with E-state index in [1.165, 1.54) is 23.4 Å². The summed E-state index contributed by atoms with van der Waals surface area (Å²) >= 11 is 7.56. The van der Waals surface area contributed by atoms with Crippen molar-refractivity contribution >= 4 is 46.2 Å². The summed E-state index contributed by atoms with van der Waals surface area (Å²) in [6.07, 6.45) is 1.82. The van der Waals surface area contributed by atoms with Crippen molar-refractivity contribution in [2.24, 2.45) is 0 Å². The zero-order valence-corrected chi connectivity index (χ0v) is 27.9. The normalized spacial score (nSPS) is 16.0. The van der Waals surface area contributed by atoms with Crippen LogP contribution >= 0.6 is 24.0 Å². The van der Waals surface area contributed by atoms with Crippen molar-refractivity contribution in [3.63, 3.8) is 0 Å². The molecule has 1 N–H and O–H groups in total. The highest BCUT2D eigenvalue weighted by Crippen LogP contribution is 2.44. The Morgan fingerprint density at radius 3 is 2.13 bits per heavy atom. The van der Waals surface area contributed by atoms with Gasteiger partial charge < -0.3 is 19.7 Å². The Morgan fingerprint density at radius 1 is 0.913 bits per heavy atom. The lowest BCUT2D eigenvalue weighted by Crippen LogP contribution is -2.29. The Bertz CT molecular complexity index is 1840. The predicted molar refractivity (Wildman–Crippen MR) is 190 cm³/mol. The van der Waals surface area contributed by atoms with Crippen molar-refractivity contribution in [2.45, 2.75) is 49.6 Å². The van der Waals surface area contributed by atoms with E-state index in [1.54, 1.807) is 23.9 Å². The summed E-state index contributed by atoms with van der Waals surface area (Å²) in [5.41, 5.74) is 7.81. The molecule has 5 aromatic rings. The van der Waals surface area contributed by atoms with Gasteiger partial charge in [0.05, 0.1) is 22.7 Å². The fourth-order valence-electron chi connectivity index (χ4n) is 6.28. The molecule has 6 rings (SSSR count). The van der Waals surface area contributed by atoms with Gasteiger partial charge in [0, 0.05) is 69.7 Å². The predicted octanol–water partition coefficient (Wildman–Crippen LogP) is 8.57. The maximum absolute atomic E-state index is 11.0. The minimum absolute atomic E-state index is 0.0826. The molecule has 0 amide bonds. The van der Waals surface area contributed by atoms with Crippen LogP contribution < -0.4 is 15.1 Å². The van der Waals surface area contributed by atoms with Gasteiger partial charge in [-0.1, -0.05) is 17.8 Å². The van der Waals surface area contributed by atoms with E-state index in [4.69, 9.17) is 17.2 Å². The lowest BCUT2D eigenvalue weighted by Gasteiger charge is -2.28. The van der Waals surface area contributed by atoms with Gasteiger partial charge in [0.2, 0.25) is 0 Å². The number of thiocarbonyl (C=S) groups is 1. The van der Waals surface area contributed by atoms with Crippen molar-refractivity contribution in [3.8, 4) is 5.69 Å². The number of hydrogen-bond donors (Lipinski definition) is 1. The summed E-state index contributed by atoms with van der Waals surface area (Å²) in [5, 5.41) is 15.3. The molecule has 234 valence electrons. The summed E-state index contributed by atoms with van der Waals surface area (Å²) in [7, 11) is 0. The summed E-state index contributed by atoms with van der Waals surface area (Å²) in [5.74, 6) is 0. The lowest BCUT2D eigenvalue weighted by atomic mass is 9.96. The number of nitrogens with one attached hydrogen (secondary N) is 1. The first-order chi connectivity index (χ1) is 22.3. The Kier molecular flexibility index (Phi) is 9.10. The molecule has 1 aliphatic heterocycles. The van der Waals surface area contributed by atoms with Crippen LogP contribution in [0, 0.1) is 24.0 Å². The molecular formula is C36H36N6O2S2. The number of rotatable bonds is 10. The monoisotopic (exact) mass is 648 g/mol. The van der Waals surface area contributed by atoms with Crippen molar-refractivity contribution in [1.82, 2.24) is 14.9 Å². The number of pyridine rings is 1. The largest absolute Gasteiger partial charge is 0.372 e. The topological polar surface area (TPSA) is 79.5 Å². The zero-order valence-electron chi connectivity index (χ0n) is 26.3. The second-order valence-corrected chi connectivity index (χ2v) is 12.7. The first-order valence-corrected chi connectivity index (χ1v) is 16.6. The third kappa shape index (κ3) is 6.10. The summed E-state index contributed by atoms with van der Waals surface area (Å²) in [4.78, 5) is 21.9. The minimum atomic E-state index is -0.384. The molecule has 2 aromatic heterocycles. The summed E-state index contributed by atoms with van der Waals surface area (Å²) in [6.45, 7) is 10.6. The van der Waals surface area contributed by atoms with Crippen LogP contribution in [0.1, 0.15) is 48.6 Å². The molecule has 1 aliphatic rings. The molecule has 0 spiro atoms. The summed E-state index contributed by atoms with van der Waals surface area (Å²) < 4.78 is 2.32. The number of nitro groups is 1. The van der Waals surface area contributed by atoms with Gasteiger partial charge in [-0.2, -0.15) is 0 Å². The third-order valence-corrected chi connectivity index (χ3v) is 9.85. The second kappa shape index (κ2) is 13.4. The number of anilines is 2. The van der Waals surface area contributed by atoms with E-state index in [1.807, 2.05) is 24.4 Å². The van der Waals surface area contributed by atoms with Crippen molar-refractivity contribution in [1.29, 1.82) is 0 Å². The van der Waals surface area contributed by atoms with Crippen LogP contribution in [0.4, 0.5) is 17.1 Å². The van der Waals surface area contributed by atoms with Crippen LogP contribution in [0.3, 0.4) is 0 Å². The van der Waals surface area contributed by atoms with E-state index < -0.39 is 0 Å². The van der Waals surface area contributed by atoms with E-state index in [2.05, 4.69) is 102 Å². The molecule has 0 aliphatic carbocycles. The first kappa shape index (κ1) is 31.3. The van der Waals surface area contributed by atoms with E-state index in [0.29, 0.717) is 5.11 Å². The Morgan fingerprint density at radius 2 is 1.54 bits per heavy atom. The van der Waals surface area contributed by atoms with Crippen LogP contribution in [-0.4, -0.2) is 32.7 Å². The van der Waals surface area contributed by atoms with Crippen molar-refractivity contribution in [2.75, 3.05) is 22.9 Å². The number of nitro benzene ring substituents is 1. The van der Waals surface area contributed by atoms with E-state index in [0.717, 1.165) is 51.3 Å². The molecule has 10 heteroatoms. The maximum atomic E-state index is 11.0. The van der Waals surface area contributed by atoms with Gasteiger partial charge in [0.1, 0.15) is 0 Å². The molecule has 8 nitrogen and oxygen atoms in total. The molecule has 1 saturated heterocycles. The highest BCUT2D eigenvalue weighted by Gasteiger charge is 2.42. The zero-order chi connectivity index (χ0) is 32.4. The van der Waals surface area contributed by atoms with Crippen molar-refractivity contribution in [3.05, 3.63) is 136 Å². The molecule has 0 unspecified atom stereocenters. The van der Waals surface area contributed by atoms with Crippen LogP contribution in [0.15, 0.2) is 113 Å². The lowest BCUT2D eigenvalue weighted by molar-refractivity contribution is -0.384. The van der Waals surface area contributed by atoms with Gasteiger partial charge in [0.25, 0.3) is 5.69 Å².